The van der Waals surface area contributed by atoms with Gasteiger partial charge in [-0.3, -0.25) is 4.79 Å². The van der Waals surface area contributed by atoms with Gasteiger partial charge in [-0.25, -0.2) is 9.97 Å². The van der Waals surface area contributed by atoms with Crippen LogP contribution >= 0.6 is 11.3 Å². The zero-order valence-corrected chi connectivity index (χ0v) is 21.4. The van der Waals surface area contributed by atoms with Crippen molar-refractivity contribution in [2.45, 2.75) is 65.0 Å². The standard InChI is InChI=1S/C26H36N6OS/c1-5-18(31-20-11-12-20)15-29-19-9-7-17(8-10-19)13-14-28-25(33)24-22(27-4)23-26(34-24)32-21(6-2)16(3)30-23/h7-10,18,20,27,29,31H,5-6,11-15H2,1-4H3,(H,28,33)/t18-/m0/s1. The van der Waals surface area contributed by atoms with Gasteiger partial charge in [0.2, 0.25) is 0 Å². The van der Waals surface area contributed by atoms with Crippen LogP contribution in [0.5, 0.6) is 0 Å². The number of hydrogen-bond donors (Lipinski definition) is 4. The van der Waals surface area contributed by atoms with Crippen LogP contribution in [-0.2, 0) is 12.8 Å². The minimum absolute atomic E-state index is 0.0862. The zero-order chi connectivity index (χ0) is 24.1. The lowest BCUT2D eigenvalue weighted by molar-refractivity contribution is 0.0959. The fourth-order valence-electron chi connectivity index (χ4n) is 4.09. The van der Waals surface area contributed by atoms with Crippen molar-refractivity contribution >= 4 is 39.0 Å². The Morgan fingerprint density at radius 3 is 2.59 bits per heavy atom. The number of nitrogens with one attached hydrogen (secondary N) is 4. The van der Waals surface area contributed by atoms with Crippen LogP contribution in [0.3, 0.4) is 0 Å². The van der Waals surface area contributed by atoms with E-state index in [9.17, 15) is 4.79 Å². The summed E-state index contributed by atoms with van der Waals surface area (Å²) in [5.74, 6) is -0.0862. The fourth-order valence-corrected chi connectivity index (χ4v) is 5.15. The lowest BCUT2D eigenvalue weighted by atomic mass is 10.1. The van der Waals surface area contributed by atoms with E-state index in [2.05, 4.69) is 59.4 Å². The molecule has 1 aromatic carbocycles. The van der Waals surface area contributed by atoms with Gasteiger partial charge in [0.05, 0.1) is 17.1 Å². The first-order valence-corrected chi connectivity index (χ1v) is 13.2. The molecule has 34 heavy (non-hydrogen) atoms. The average Bonchev–Trinajstić information content (AvgIpc) is 3.60. The van der Waals surface area contributed by atoms with Crippen molar-refractivity contribution in [1.29, 1.82) is 0 Å². The Hall–Kier alpha value is -2.71. The number of fused-ring (bicyclic) bond motifs is 1. The van der Waals surface area contributed by atoms with Gasteiger partial charge >= 0.3 is 0 Å². The summed E-state index contributed by atoms with van der Waals surface area (Å²) in [5.41, 5.74) is 5.75. The number of hydrogen-bond acceptors (Lipinski definition) is 7. The largest absolute Gasteiger partial charge is 0.385 e. The molecule has 1 aliphatic carbocycles. The molecule has 2 aromatic heterocycles. The third kappa shape index (κ3) is 5.85. The summed E-state index contributed by atoms with van der Waals surface area (Å²) >= 11 is 1.40. The molecule has 2 heterocycles. The van der Waals surface area contributed by atoms with Crippen LogP contribution in [0.2, 0.25) is 0 Å². The number of aryl methyl sites for hydroxylation is 2. The number of thiophene rings is 1. The van der Waals surface area contributed by atoms with Gasteiger partial charge in [0.25, 0.3) is 5.91 Å². The number of anilines is 2. The monoisotopic (exact) mass is 480 g/mol. The molecule has 0 spiro atoms. The summed E-state index contributed by atoms with van der Waals surface area (Å²) in [5, 5.41) is 13.4. The minimum atomic E-state index is -0.0862. The first kappa shape index (κ1) is 24.4. The molecule has 182 valence electrons. The quantitative estimate of drug-likeness (QED) is 0.305. The van der Waals surface area contributed by atoms with E-state index in [0.29, 0.717) is 17.5 Å². The molecule has 1 saturated carbocycles. The molecule has 0 radical (unpaired) electrons. The van der Waals surface area contributed by atoms with Crippen molar-refractivity contribution < 1.29 is 4.79 Å². The SMILES string of the molecule is CCc1nc2sc(C(=O)NCCc3ccc(NC[C@H](CC)NC4CC4)cc3)c(NC)c2nc1C. The lowest BCUT2D eigenvalue weighted by Gasteiger charge is -2.18. The van der Waals surface area contributed by atoms with E-state index in [1.54, 1.807) is 0 Å². The molecule has 8 heteroatoms. The number of benzene rings is 1. The predicted molar refractivity (Wildman–Crippen MR) is 142 cm³/mol. The second-order valence-corrected chi connectivity index (χ2v) is 9.95. The van der Waals surface area contributed by atoms with Gasteiger partial charge in [-0.05, 0) is 56.7 Å². The Labute approximate surface area is 206 Å². The van der Waals surface area contributed by atoms with Crippen LogP contribution < -0.4 is 21.3 Å². The summed E-state index contributed by atoms with van der Waals surface area (Å²) in [6, 6.07) is 9.75. The number of nitrogens with zero attached hydrogens (tertiary/aromatic N) is 2. The number of rotatable bonds is 12. The zero-order valence-electron chi connectivity index (χ0n) is 20.6. The van der Waals surface area contributed by atoms with Gasteiger partial charge < -0.3 is 21.3 Å². The summed E-state index contributed by atoms with van der Waals surface area (Å²) < 4.78 is 0. The fraction of sp³-hybridized carbons (Fsp3) is 0.500. The normalized spacial score (nSPS) is 14.2. The van der Waals surface area contributed by atoms with Gasteiger partial charge in [-0.2, -0.15) is 0 Å². The summed E-state index contributed by atoms with van der Waals surface area (Å²) in [7, 11) is 1.82. The molecule has 4 rings (SSSR count). The Balaban J connectivity index is 1.31. The van der Waals surface area contributed by atoms with Crippen LogP contribution in [0.15, 0.2) is 24.3 Å². The van der Waals surface area contributed by atoms with Crippen LogP contribution in [0.25, 0.3) is 10.3 Å². The Kier molecular flexibility index (Phi) is 8.00. The smallest absolute Gasteiger partial charge is 0.263 e. The van der Waals surface area contributed by atoms with Crippen LogP contribution in [-0.4, -0.2) is 48.1 Å². The van der Waals surface area contributed by atoms with E-state index >= 15 is 0 Å². The number of aromatic nitrogens is 2. The molecular weight excluding hydrogens is 444 g/mol. The molecule has 1 fully saturated rings. The van der Waals surface area contributed by atoms with Crippen LogP contribution in [0.4, 0.5) is 11.4 Å². The Bertz CT molecular complexity index is 1120. The molecule has 0 aliphatic heterocycles. The average molecular weight is 481 g/mol. The molecule has 4 N–H and O–H groups in total. The predicted octanol–water partition coefficient (Wildman–Crippen LogP) is 4.52. The molecule has 0 saturated heterocycles. The maximum Gasteiger partial charge on any atom is 0.263 e. The summed E-state index contributed by atoms with van der Waals surface area (Å²) in [6.45, 7) is 7.78. The highest BCUT2D eigenvalue weighted by atomic mass is 32.1. The van der Waals surface area contributed by atoms with Crippen molar-refractivity contribution in [1.82, 2.24) is 20.6 Å². The molecule has 7 nitrogen and oxygen atoms in total. The van der Waals surface area contributed by atoms with Crippen molar-refractivity contribution in [2.24, 2.45) is 0 Å². The highest BCUT2D eigenvalue weighted by Crippen LogP contribution is 2.33. The topological polar surface area (TPSA) is 91.0 Å². The Morgan fingerprint density at radius 1 is 1.18 bits per heavy atom. The van der Waals surface area contributed by atoms with E-state index in [1.807, 2.05) is 14.0 Å². The highest BCUT2D eigenvalue weighted by Gasteiger charge is 2.23. The Morgan fingerprint density at radius 2 is 1.94 bits per heavy atom. The molecule has 1 aliphatic rings. The number of carbonyl (C=O) groups excluding carboxylic acids is 1. The van der Waals surface area contributed by atoms with Crippen molar-refractivity contribution in [3.63, 3.8) is 0 Å². The lowest BCUT2D eigenvalue weighted by Crippen LogP contribution is -2.36. The minimum Gasteiger partial charge on any atom is -0.385 e. The molecular formula is C26H36N6OS. The third-order valence-electron chi connectivity index (χ3n) is 6.34. The van der Waals surface area contributed by atoms with Crippen LogP contribution in [0, 0.1) is 6.92 Å². The molecule has 0 unspecified atom stereocenters. The van der Waals surface area contributed by atoms with Crippen molar-refractivity contribution in [3.8, 4) is 0 Å². The van der Waals surface area contributed by atoms with E-state index < -0.39 is 0 Å². The van der Waals surface area contributed by atoms with Crippen LogP contribution in [0.1, 0.15) is 59.7 Å². The molecule has 1 atom stereocenters. The molecule has 3 aromatic rings. The second kappa shape index (κ2) is 11.1. The van der Waals surface area contributed by atoms with Gasteiger partial charge in [-0.15, -0.1) is 11.3 Å². The van der Waals surface area contributed by atoms with Gasteiger partial charge in [0, 0.05) is 37.9 Å². The van der Waals surface area contributed by atoms with Gasteiger partial charge in [0.15, 0.2) is 0 Å². The van der Waals surface area contributed by atoms with E-state index in [0.717, 1.165) is 65.0 Å². The second-order valence-electron chi connectivity index (χ2n) is 8.95. The van der Waals surface area contributed by atoms with Gasteiger partial charge in [-0.1, -0.05) is 26.0 Å². The van der Waals surface area contributed by atoms with E-state index in [4.69, 9.17) is 9.97 Å². The first-order valence-electron chi connectivity index (χ1n) is 12.4. The number of amides is 1. The third-order valence-corrected chi connectivity index (χ3v) is 7.41. The first-order chi connectivity index (χ1) is 16.5. The highest BCUT2D eigenvalue weighted by molar-refractivity contribution is 7.21. The number of carbonyl (C=O) groups is 1. The van der Waals surface area contributed by atoms with Gasteiger partial charge in [0.1, 0.15) is 15.2 Å². The van der Waals surface area contributed by atoms with Crippen molar-refractivity contribution in [3.05, 3.63) is 46.1 Å². The van der Waals surface area contributed by atoms with E-state index in [-0.39, 0.29) is 5.91 Å². The molecule has 1 amide bonds. The van der Waals surface area contributed by atoms with E-state index in [1.165, 1.54) is 29.7 Å². The maximum atomic E-state index is 12.9. The summed E-state index contributed by atoms with van der Waals surface area (Å²) in [4.78, 5) is 23.8. The van der Waals surface area contributed by atoms with Crippen molar-refractivity contribution in [2.75, 3.05) is 30.8 Å². The maximum absolute atomic E-state index is 12.9. The summed E-state index contributed by atoms with van der Waals surface area (Å²) in [6.07, 6.45) is 5.36. The molecule has 0 bridgehead atoms.